The molecule has 18 heavy (non-hydrogen) atoms. The van der Waals surface area contributed by atoms with Crippen LogP contribution in [0.3, 0.4) is 0 Å². The highest BCUT2D eigenvalue weighted by Gasteiger charge is 2.08. The molecule has 0 bridgehead atoms. The number of rotatable bonds is 2. The van der Waals surface area contributed by atoms with Gasteiger partial charge in [0.2, 0.25) is 5.89 Å². The molecule has 1 heterocycles. The van der Waals surface area contributed by atoms with Gasteiger partial charge in [-0.1, -0.05) is 6.07 Å². The standard InChI is InChI=1S/C14H9ClFNO/c15-8-9-1-6-12-13(7-9)18-14(17-12)10-2-4-11(16)5-3-10/h1-7H,8H2. The molecule has 2 aromatic carbocycles. The van der Waals surface area contributed by atoms with Gasteiger partial charge < -0.3 is 4.42 Å². The lowest BCUT2D eigenvalue weighted by Gasteiger charge is -1.93. The Balaban J connectivity index is 2.10. The molecule has 0 spiro atoms. The lowest BCUT2D eigenvalue weighted by Crippen LogP contribution is -1.78. The van der Waals surface area contributed by atoms with Crippen LogP contribution in [0.15, 0.2) is 46.9 Å². The second-order valence-corrected chi connectivity index (χ2v) is 4.23. The number of alkyl halides is 1. The van der Waals surface area contributed by atoms with Gasteiger partial charge in [-0.25, -0.2) is 9.37 Å². The van der Waals surface area contributed by atoms with Gasteiger partial charge in [0.05, 0.1) is 0 Å². The van der Waals surface area contributed by atoms with Gasteiger partial charge >= 0.3 is 0 Å². The average Bonchev–Trinajstić information content (AvgIpc) is 2.82. The van der Waals surface area contributed by atoms with Crippen molar-refractivity contribution in [3.05, 3.63) is 53.8 Å². The normalized spacial score (nSPS) is 11.0. The van der Waals surface area contributed by atoms with Crippen molar-refractivity contribution in [3.8, 4) is 11.5 Å². The molecule has 0 N–H and O–H groups in total. The van der Waals surface area contributed by atoms with E-state index in [-0.39, 0.29) is 5.82 Å². The van der Waals surface area contributed by atoms with Crippen LogP contribution in [-0.4, -0.2) is 4.98 Å². The average molecular weight is 262 g/mol. The molecule has 0 unspecified atom stereocenters. The van der Waals surface area contributed by atoms with Gasteiger partial charge in [0.25, 0.3) is 0 Å². The van der Waals surface area contributed by atoms with E-state index in [1.54, 1.807) is 12.1 Å². The number of hydrogen-bond donors (Lipinski definition) is 0. The molecule has 0 fully saturated rings. The molecule has 4 heteroatoms. The third-order valence-corrected chi connectivity index (χ3v) is 3.01. The van der Waals surface area contributed by atoms with Crippen LogP contribution >= 0.6 is 11.6 Å². The van der Waals surface area contributed by atoms with Gasteiger partial charge in [0, 0.05) is 11.4 Å². The Hall–Kier alpha value is -1.87. The topological polar surface area (TPSA) is 26.0 Å². The van der Waals surface area contributed by atoms with E-state index in [1.165, 1.54) is 12.1 Å². The SMILES string of the molecule is Fc1ccc(-c2nc3ccc(CCl)cc3o2)cc1. The molecule has 0 amide bonds. The minimum Gasteiger partial charge on any atom is -0.436 e. The highest BCUT2D eigenvalue weighted by molar-refractivity contribution is 6.17. The summed E-state index contributed by atoms with van der Waals surface area (Å²) in [4.78, 5) is 4.36. The second-order valence-electron chi connectivity index (χ2n) is 3.96. The number of aromatic nitrogens is 1. The zero-order chi connectivity index (χ0) is 12.5. The monoisotopic (exact) mass is 261 g/mol. The van der Waals surface area contributed by atoms with Crippen LogP contribution in [0.5, 0.6) is 0 Å². The Kier molecular flexibility index (Phi) is 2.76. The van der Waals surface area contributed by atoms with E-state index in [9.17, 15) is 4.39 Å². The molecule has 2 nitrogen and oxygen atoms in total. The van der Waals surface area contributed by atoms with Crippen molar-refractivity contribution in [2.45, 2.75) is 5.88 Å². The molecule has 3 aromatic rings. The molecule has 90 valence electrons. The summed E-state index contributed by atoms with van der Waals surface area (Å²) in [5.41, 5.74) is 3.18. The quantitative estimate of drug-likeness (QED) is 0.640. The first kappa shape index (κ1) is 11.2. The molecular formula is C14H9ClFNO. The summed E-state index contributed by atoms with van der Waals surface area (Å²) in [5.74, 6) is 0.638. The molecular weight excluding hydrogens is 253 g/mol. The van der Waals surface area contributed by atoms with E-state index in [0.717, 1.165) is 16.6 Å². The minimum atomic E-state index is -0.278. The Morgan fingerprint density at radius 2 is 1.89 bits per heavy atom. The van der Waals surface area contributed by atoms with Crippen LogP contribution in [-0.2, 0) is 5.88 Å². The van der Waals surface area contributed by atoms with E-state index >= 15 is 0 Å². The maximum absolute atomic E-state index is 12.8. The Morgan fingerprint density at radius 1 is 1.11 bits per heavy atom. The summed E-state index contributed by atoms with van der Waals surface area (Å²) >= 11 is 5.76. The molecule has 0 saturated carbocycles. The van der Waals surface area contributed by atoms with Crippen LogP contribution in [0.25, 0.3) is 22.6 Å². The van der Waals surface area contributed by atoms with Crippen molar-refractivity contribution in [3.63, 3.8) is 0 Å². The zero-order valence-corrected chi connectivity index (χ0v) is 10.1. The fourth-order valence-electron chi connectivity index (χ4n) is 1.77. The third-order valence-electron chi connectivity index (χ3n) is 2.70. The van der Waals surface area contributed by atoms with Crippen LogP contribution in [0, 0.1) is 5.82 Å². The van der Waals surface area contributed by atoms with Crippen molar-refractivity contribution in [1.82, 2.24) is 4.98 Å². The Bertz CT molecular complexity index is 691. The summed E-state index contributed by atoms with van der Waals surface area (Å²) in [7, 11) is 0. The minimum absolute atomic E-state index is 0.278. The third kappa shape index (κ3) is 1.97. The number of halogens is 2. The number of fused-ring (bicyclic) bond motifs is 1. The van der Waals surface area contributed by atoms with Crippen LogP contribution < -0.4 is 0 Å². The van der Waals surface area contributed by atoms with Gasteiger partial charge in [-0.3, -0.25) is 0 Å². The predicted octanol–water partition coefficient (Wildman–Crippen LogP) is 4.37. The lowest BCUT2D eigenvalue weighted by molar-refractivity contribution is 0.616. The first-order chi connectivity index (χ1) is 8.76. The lowest BCUT2D eigenvalue weighted by atomic mass is 10.2. The maximum atomic E-state index is 12.8. The van der Waals surface area contributed by atoms with Gasteiger partial charge in [0.15, 0.2) is 5.58 Å². The van der Waals surface area contributed by atoms with Crippen LogP contribution in [0.4, 0.5) is 4.39 Å². The van der Waals surface area contributed by atoms with E-state index in [2.05, 4.69) is 4.98 Å². The molecule has 0 aliphatic carbocycles. The second kappa shape index (κ2) is 4.42. The molecule has 0 atom stereocenters. The van der Waals surface area contributed by atoms with Crippen molar-refractivity contribution in [2.75, 3.05) is 0 Å². The smallest absolute Gasteiger partial charge is 0.227 e. The van der Waals surface area contributed by atoms with Crippen molar-refractivity contribution >= 4 is 22.7 Å². The van der Waals surface area contributed by atoms with E-state index in [4.69, 9.17) is 16.0 Å². The molecule has 0 aliphatic rings. The van der Waals surface area contributed by atoms with Gasteiger partial charge in [0.1, 0.15) is 11.3 Å². The molecule has 0 radical (unpaired) electrons. The summed E-state index contributed by atoms with van der Waals surface area (Å²) in [5, 5.41) is 0. The van der Waals surface area contributed by atoms with Gasteiger partial charge in [-0.15, -0.1) is 11.6 Å². The molecule has 1 aromatic heterocycles. The predicted molar refractivity (Wildman–Crippen MR) is 69.0 cm³/mol. The Labute approximate surface area is 108 Å². The summed E-state index contributed by atoms with van der Waals surface area (Å²) in [6.45, 7) is 0. The molecule has 0 saturated heterocycles. The van der Waals surface area contributed by atoms with E-state index < -0.39 is 0 Å². The fourth-order valence-corrected chi connectivity index (χ4v) is 1.93. The maximum Gasteiger partial charge on any atom is 0.227 e. The zero-order valence-electron chi connectivity index (χ0n) is 9.36. The van der Waals surface area contributed by atoms with E-state index in [1.807, 2.05) is 18.2 Å². The summed E-state index contributed by atoms with van der Waals surface area (Å²) in [6, 6.07) is 11.7. The van der Waals surface area contributed by atoms with Crippen LogP contribution in [0.1, 0.15) is 5.56 Å². The highest BCUT2D eigenvalue weighted by Crippen LogP contribution is 2.25. The molecule has 0 aliphatic heterocycles. The first-order valence-corrected chi connectivity index (χ1v) is 6.01. The number of oxazole rings is 1. The largest absolute Gasteiger partial charge is 0.436 e. The van der Waals surface area contributed by atoms with Gasteiger partial charge in [-0.05, 0) is 42.0 Å². The number of nitrogens with zero attached hydrogens (tertiary/aromatic N) is 1. The number of benzene rings is 2. The van der Waals surface area contributed by atoms with Gasteiger partial charge in [-0.2, -0.15) is 0 Å². The van der Waals surface area contributed by atoms with Crippen molar-refractivity contribution in [2.24, 2.45) is 0 Å². The molecule has 3 rings (SSSR count). The first-order valence-electron chi connectivity index (χ1n) is 5.47. The van der Waals surface area contributed by atoms with Crippen molar-refractivity contribution < 1.29 is 8.81 Å². The van der Waals surface area contributed by atoms with Crippen molar-refractivity contribution in [1.29, 1.82) is 0 Å². The van der Waals surface area contributed by atoms with E-state index in [0.29, 0.717) is 17.4 Å². The fraction of sp³-hybridized carbons (Fsp3) is 0.0714. The Morgan fingerprint density at radius 3 is 2.61 bits per heavy atom. The summed E-state index contributed by atoms with van der Waals surface area (Å²) in [6.07, 6.45) is 0. The summed E-state index contributed by atoms with van der Waals surface area (Å²) < 4.78 is 18.5. The van der Waals surface area contributed by atoms with Crippen LogP contribution in [0.2, 0.25) is 0 Å². The highest BCUT2D eigenvalue weighted by atomic mass is 35.5. The number of hydrogen-bond acceptors (Lipinski definition) is 2.